The Morgan fingerprint density at radius 3 is 2.70 bits per heavy atom. The van der Waals surface area contributed by atoms with Crippen LogP contribution in [-0.2, 0) is 22.8 Å². The van der Waals surface area contributed by atoms with Crippen LogP contribution in [-0.4, -0.2) is 26.3 Å². The molecule has 0 spiro atoms. The summed E-state index contributed by atoms with van der Waals surface area (Å²) in [7, 11) is 0. The summed E-state index contributed by atoms with van der Waals surface area (Å²) in [6.07, 6.45) is 6.35. The molecule has 2 aromatic rings. The van der Waals surface area contributed by atoms with Crippen LogP contribution in [0.3, 0.4) is 0 Å². The zero-order valence-corrected chi connectivity index (χ0v) is 16.3. The van der Waals surface area contributed by atoms with E-state index in [0.717, 1.165) is 9.13 Å². The van der Waals surface area contributed by atoms with Gasteiger partial charge in [0.2, 0.25) is 5.88 Å². The molecule has 7 nitrogen and oxygen atoms in total. The lowest BCUT2D eigenvalue weighted by atomic mass is 10.0. The summed E-state index contributed by atoms with van der Waals surface area (Å²) >= 11 is 12.0. The number of carbonyl (C=O) groups is 1. The van der Waals surface area contributed by atoms with Crippen LogP contribution < -0.4 is 11.0 Å². The van der Waals surface area contributed by atoms with Gasteiger partial charge in [-0.3, -0.25) is 4.57 Å². The van der Waals surface area contributed by atoms with Crippen LogP contribution in [0.1, 0.15) is 13.8 Å². The van der Waals surface area contributed by atoms with E-state index < -0.39 is 24.4 Å². The minimum atomic E-state index is -0.727. The van der Waals surface area contributed by atoms with Crippen molar-refractivity contribution >= 4 is 34.9 Å². The molecule has 9 heteroatoms. The molecule has 0 aliphatic heterocycles. The molecule has 0 fully saturated rings. The summed E-state index contributed by atoms with van der Waals surface area (Å²) in [5, 5.41) is 13.7. The van der Waals surface area contributed by atoms with E-state index in [2.05, 4.69) is 11.2 Å². The topological polar surface area (TPSA) is 85.5 Å². The van der Waals surface area contributed by atoms with Gasteiger partial charge in [-0.2, -0.15) is 0 Å². The van der Waals surface area contributed by atoms with Crippen molar-refractivity contribution < 1.29 is 14.6 Å². The summed E-state index contributed by atoms with van der Waals surface area (Å²) in [5.41, 5.74) is -0.0510. The zero-order valence-electron chi connectivity index (χ0n) is 14.8. The largest absolute Gasteiger partial charge is 0.493 e. The Hall–Kier alpha value is -2.56. The maximum Gasteiger partial charge on any atom is 0.334 e. The van der Waals surface area contributed by atoms with Gasteiger partial charge in [-0.05, 0) is 24.1 Å². The highest BCUT2D eigenvalue weighted by molar-refractivity contribution is 6.36. The fourth-order valence-corrected chi connectivity index (χ4v) is 2.80. The van der Waals surface area contributed by atoms with Crippen LogP contribution in [0.5, 0.6) is 5.88 Å². The van der Waals surface area contributed by atoms with Crippen molar-refractivity contribution in [2.75, 3.05) is 5.32 Å². The van der Waals surface area contributed by atoms with E-state index in [1.807, 2.05) is 13.8 Å². The normalized spacial score (nSPS) is 11.9. The molecule has 144 valence electrons. The molecule has 27 heavy (non-hydrogen) atoms. The number of aromatic hydroxyl groups is 1. The van der Waals surface area contributed by atoms with Gasteiger partial charge in [-0.15, -0.1) is 6.42 Å². The van der Waals surface area contributed by atoms with Gasteiger partial charge >= 0.3 is 11.7 Å². The van der Waals surface area contributed by atoms with Gasteiger partial charge in [0.1, 0.15) is 6.04 Å². The molecule has 0 radical (unpaired) electrons. The molecular weight excluding hydrogens is 393 g/mol. The van der Waals surface area contributed by atoms with Crippen LogP contribution in [0.2, 0.25) is 10.0 Å². The number of nitrogens with zero attached hydrogens (tertiary/aromatic N) is 2. The molecule has 0 saturated heterocycles. The number of ether oxygens (including phenoxy) is 1. The van der Waals surface area contributed by atoms with Gasteiger partial charge < -0.3 is 15.2 Å². The molecule has 1 unspecified atom stereocenters. The Morgan fingerprint density at radius 1 is 1.41 bits per heavy atom. The first kappa shape index (κ1) is 20.7. The number of hydrogen-bond acceptors (Lipinski definition) is 5. The van der Waals surface area contributed by atoms with Crippen LogP contribution in [0.4, 0.5) is 5.69 Å². The van der Waals surface area contributed by atoms with Gasteiger partial charge in [0.25, 0.3) is 0 Å². The van der Waals surface area contributed by atoms with Crippen molar-refractivity contribution in [1.82, 2.24) is 9.13 Å². The third kappa shape index (κ3) is 5.00. The molecule has 0 aliphatic rings. The number of benzene rings is 1. The minimum absolute atomic E-state index is 0.00141. The number of anilines is 1. The smallest absolute Gasteiger partial charge is 0.334 e. The van der Waals surface area contributed by atoms with Crippen molar-refractivity contribution in [3.05, 3.63) is 44.9 Å². The van der Waals surface area contributed by atoms with Gasteiger partial charge in [-0.25, -0.2) is 14.2 Å². The quantitative estimate of drug-likeness (QED) is 0.540. The summed E-state index contributed by atoms with van der Waals surface area (Å²) in [6, 6.07) is 4.13. The summed E-state index contributed by atoms with van der Waals surface area (Å²) < 4.78 is 7.25. The van der Waals surface area contributed by atoms with Crippen LogP contribution in [0, 0.1) is 18.3 Å². The third-order valence-electron chi connectivity index (χ3n) is 3.78. The molecule has 1 aromatic heterocycles. The Balaban J connectivity index is 2.12. The maximum absolute atomic E-state index is 12.5. The number of esters is 1. The Kier molecular flexibility index (Phi) is 6.83. The second kappa shape index (κ2) is 8.89. The molecule has 0 aliphatic carbocycles. The van der Waals surface area contributed by atoms with Crippen molar-refractivity contribution in [3.8, 4) is 18.2 Å². The van der Waals surface area contributed by atoms with Crippen LogP contribution in [0.25, 0.3) is 0 Å². The van der Waals surface area contributed by atoms with Gasteiger partial charge in [-0.1, -0.05) is 43.0 Å². The van der Waals surface area contributed by atoms with Crippen molar-refractivity contribution in [2.24, 2.45) is 5.92 Å². The fraction of sp³-hybridized carbons (Fsp3) is 0.333. The molecule has 0 saturated carbocycles. The molecule has 1 aromatic carbocycles. The number of aromatic nitrogens is 2. The van der Waals surface area contributed by atoms with E-state index in [4.69, 9.17) is 34.4 Å². The highest BCUT2D eigenvalue weighted by Crippen LogP contribution is 2.27. The molecule has 0 bridgehead atoms. The number of rotatable bonds is 7. The molecule has 1 atom stereocenters. The number of nitrogens with one attached hydrogen (secondary N) is 1. The van der Waals surface area contributed by atoms with E-state index in [9.17, 15) is 14.7 Å². The monoisotopic (exact) mass is 411 g/mol. The van der Waals surface area contributed by atoms with E-state index in [1.54, 1.807) is 18.2 Å². The average Bonchev–Trinajstić information content (AvgIpc) is 2.85. The lowest BCUT2D eigenvalue weighted by Gasteiger charge is -2.22. The third-order valence-corrected chi connectivity index (χ3v) is 4.33. The van der Waals surface area contributed by atoms with E-state index in [0.29, 0.717) is 15.7 Å². The Bertz CT molecular complexity index is 928. The highest BCUT2D eigenvalue weighted by Gasteiger charge is 2.25. The molecule has 2 rings (SSSR count). The fourth-order valence-electron chi connectivity index (χ4n) is 2.34. The predicted octanol–water partition coefficient (Wildman–Crippen LogP) is 2.93. The Morgan fingerprint density at radius 2 is 2.11 bits per heavy atom. The van der Waals surface area contributed by atoms with Crippen molar-refractivity contribution in [3.63, 3.8) is 0 Å². The lowest BCUT2D eigenvalue weighted by Crippen LogP contribution is -2.37. The standard InChI is InChI=1S/C18H19Cl2N3O4/c1-4-7-22-9-15(24)23(18(22)26)10-27-17(25)16(11(2)3)21-14-6-5-12(19)8-13(14)20/h1,5-6,8-9,11,16,21,24H,7,10H2,2-3H3. The van der Waals surface area contributed by atoms with Crippen LogP contribution in [0.15, 0.2) is 29.2 Å². The number of terminal acetylenes is 1. The summed E-state index contributed by atoms with van der Waals surface area (Å²) in [4.78, 5) is 24.6. The van der Waals surface area contributed by atoms with Gasteiger partial charge in [0, 0.05) is 5.02 Å². The summed E-state index contributed by atoms with van der Waals surface area (Å²) in [5.74, 6) is 1.21. The number of halogens is 2. The zero-order chi connectivity index (χ0) is 20.1. The number of hydrogen-bond donors (Lipinski definition) is 2. The lowest BCUT2D eigenvalue weighted by molar-refractivity contribution is -0.149. The van der Waals surface area contributed by atoms with E-state index >= 15 is 0 Å². The van der Waals surface area contributed by atoms with Gasteiger partial charge in [0.05, 0.1) is 23.5 Å². The number of imidazole rings is 1. The van der Waals surface area contributed by atoms with Crippen LogP contribution >= 0.6 is 23.2 Å². The Labute approximate surface area is 166 Å². The van der Waals surface area contributed by atoms with Gasteiger partial charge in [0.15, 0.2) is 6.73 Å². The predicted molar refractivity (Wildman–Crippen MR) is 104 cm³/mol. The van der Waals surface area contributed by atoms with Crippen molar-refractivity contribution in [2.45, 2.75) is 33.2 Å². The molecule has 0 amide bonds. The minimum Gasteiger partial charge on any atom is -0.493 e. The first-order valence-corrected chi connectivity index (χ1v) is 8.80. The van der Waals surface area contributed by atoms with E-state index in [1.165, 1.54) is 6.20 Å². The average molecular weight is 412 g/mol. The number of carbonyl (C=O) groups excluding carboxylic acids is 1. The first-order valence-electron chi connectivity index (χ1n) is 8.05. The highest BCUT2D eigenvalue weighted by atomic mass is 35.5. The second-order valence-corrected chi connectivity index (χ2v) is 6.96. The molecule has 2 N–H and O–H groups in total. The first-order chi connectivity index (χ1) is 12.7. The SMILES string of the molecule is C#CCn1cc(O)n(COC(=O)C(Nc2ccc(Cl)cc2Cl)C(C)C)c1=O. The van der Waals surface area contributed by atoms with E-state index in [-0.39, 0.29) is 18.3 Å². The maximum atomic E-state index is 12.5. The van der Waals surface area contributed by atoms with Crippen molar-refractivity contribution in [1.29, 1.82) is 0 Å². The summed E-state index contributed by atoms with van der Waals surface area (Å²) in [6.45, 7) is 3.21. The second-order valence-electron chi connectivity index (χ2n) is 6.11. The molecule has 1 heterocycles. The molecular formula is C18H19Cl2N3O4.